The number of thioether (sulfide) groups is 1. The molecule has 4 aromatic rings. The number of nitrogens with one attached hydrogen (secondary N) is 1. The van der Waals surface area contributed by atoms with Crippen LogP contribution in [0.4, 0.5) is 18.3 Å². The predicted octanol–water partition coefficient (Wildman–Crippen LogP) is 5.62. The lowest BCUT2D eigenvalue weighted by Gasteiger charge is -2.06. The van der Waals surface area contributed by atoms with Crippen LogP contribution in [0.2, 0.25) is 0 Å². The molecule has 0 saturated carbocycles. The van der Waals surface area contributed by atoms with Gasteiger partial charge in [-0.2, -0.15) is 18.2 Å². The van der Waals surface area contributed by atoms with Gasteiger partial charge in [0.2, 0.25) is 16.8 Å². The molecular formula is C18H14F3N5OS3. The topological polar surface area (TPSA) is 76.7 Å². The molecule has 3 heterocycles. The number of halogens is 3. The van der Waals surface area contributed by atoms with Gasteiger partial charge in [-0.1, -0.05) is 46.5 Å². The number of benzene rings is 1. The van der Waals surface area contributed by atoms with E-state index in [1.54, 1.807) is 11.3 Å². The predicted molar refractivity (Wildman–Crippen MR) is 111 cm³/mol. The van der Waals surface area contributed by atoms with Gasteiger partial charge in [0.1, 0.15) is 0 Å². The number of nitrogens with zero attached hydrogens (tertiary/aromatic N) is 4. The van der Waals surface area contributed by atoms with Crippen molar-refractivity contribution in [3.63, 3.8) is 0 Å². The van der Waals surface area contributed by atoms with Crippen LogP contribution in [0.5, 0.6) is 0 Å². The Kier molecular flexibility index (Phi) is 6.35. The van der Waals surface area contributed by atoms with Crippen LogP contribution in [0.1, 0.15) is 16.3 Å². The second-order valence-electron chi connectivity index (χ2n) is 6.01. The minimum atomic E-state index is -4.42. The molecule has 30 heavy (non-hydrogen) atoms. The fourth-order valence-electron chi connectivity index (χ4n) is 2.48. The Hall–Kier alpha value is -2.44. The van der Waals surface area contributed by atoms with E-state index in [0.717, 1.165) is 34.6 Å². The first kappa shape index (κ1) is 20.8. The van der Waals surface area contributed by atoms with E-state index in [1.165, 1.54) is 40.1 Å². The zero-order valence-electron chi connectivity index (χ0n) is 15.2. The summed E-state index contributed by atoms with van der Waals surface area (Å²) in [5, 5.41) is 18.0. The second-order valence-corrected chi connectivity index (χ2v) is 9.24. The Labute approximate surface area is 181 Å². The van der Waals surface area contributed by atoms with Crippen LogP contribution in [-0.4, -0.2) is 26.9 Å². The molecule has 1 N–H and O–H groups in total. The molecule has 0 atom stereocenters. The van der Waals surface area contributed by atoms with Gasteiger partial charge in [0.15, 0.2) is 4.34 Å². The third kappa shape index (κ3) is 5.37. The Morgan fingerprint density at radius 1 is 1.13 bits per heavy atom. The highest BCUT2D eigenvalue weighted by Crippen LogP contribution is 2.32. The Morgan fingerprint density at radius 2 is 2.03 bits per heavy atom. The maximum atomic E-state index is 12.9. The molecule has 0 saturated heterocycles. The number of anilines is 1. The van der Waals surface area contributed by atoms with E-state index >= 15 is 0 Å². The highest BCUT2D eigenvalue weighted by Gasteiger charge is 2.30. The molecule has 0 radical (unpaired) electrons. The molecule has 0 spiro atoms. The summed E-state index contributed by atoms with van der Waals surface area (Å²) in [6.45, 7) is 0.768. The summed E-state index contributed by atoms with van der Waals surface area (Å²) in [5.74, 6) is 0.759. The van der Waals surface area contributed by atoms with Gasteiger partial charge in [-0.15, -0.1) is 21.5 Å². The van der Waals surface area contributed by atoms with Crippen LogP contribution >= 0.6 is 34.4 Å². The van der Waals surface area contributed by atoms with Gasteiger partial charge in [0.25, 0.3) is 0 Å². The maximum Gasteiger partial charge on any atom is 0.416 e. The van der Waals surface area contributed by atoms with Crippen LogP contribution < -0.4 is 5.32 Å². The number of thiophene rings is 1. The van der Waals surface area contributed by atoms with E-state index in [9.17, 15) is 13.2 Å². The Bertz CT molecular complexity index is 1090. The SMILES string of the molecule is FC(F)(F)c1cccc(-c2noc(CSc3nnc(NCCc4cccs4)s3)n2)c1. The first-order valence-electron chi connectivity index (χ1n) is 8.70. The van der Waals surface area contributed by atoms with Crippen molar-refractivity contribution in [2.45, 2.75) is 22.7 Å². The molecule has 156 valence electrons. The molecular weight excluding hydrogens is 455 g/mol. The number of rotatable bonds is 8. The van der Waals surface area contributed by atoms with Gasteiger partial charge in [0.05, 0.1) is 11.3 Å². The van der Waals surface area contributed by atoms with Crippen molar-refractivity contribution >= 4 is 39.6 Å². The van der Waals surface area contributed by atoms with E-state index in [0.29, 0.717) is 11.6 Å². The first-order valence-corrected chi connectivity index (χ1v) is 11.4. The number of alkyl halides is 3. The molecule has 0 aliphatic heterocycles. The van der Waals surface area contributed by atoms with Gasteiger partial charge < -0.3 is 9.84 Å². The van der Waals surface area contributed by atoms with E-state index in [-0.39, 0.29) is 11.4 Å². The molecule has 4 rings (SSSR count). The fourth-order valence-corrected chi connectivity index (χ4v) is 4.80. The average molecular weight is 470 g/mol. The van der Waals surface area contributed by atoms with Gasteiger partial charge in [-0.25, -0.2) is 0 Å². The van der Waals surface area contributed by atoms with Gasteiger partial charge in [0, 0.05) is 17.0 Å². The highest BCUT2D eigenvalue weighted by molar-refractivity contribution is 8.00. The molecule has 0 unspecified atom stereocenters. The minimum Gasteiger partial charge on any atom is -0.360 e. The summed E-state index contributed by atoms with van der Waals surface area (Å²) in [4.78, 5) is 5.48. The van der Waals surface area contributed by atoms with Crippen LogP contribution in [0.15, 0.2) is 50.6 Å². The van der Waals surface area contributed by atoms with Crippen molar-refractivity contribution in [1.29, 1.82) is 0 Å². The zero-order valence-corrected chi connectivity index (χ0v) is 17.7. The molecule has 0 aliphatic carbocycles. The van der Waals surface area contributed by atoms with E-state index < -0.39 is 11.7 Å². The smallest absolute Gasteiger partial charge is 0.360 e. The molecule has 12 heteroatoms. The normalized spacial score (nSPS) is 11.7. The van der Waals surface area contributed by atoms with Crippen molar-refractivity contribution in [2.24, 2.45) is 0 Å². The van der Waals surface area contributed by atoms with Crippen LogP contribution in [0.25, 0.3) is 11.4 Å². The summed E-state index contributed by atoms with van der Waals surface area (Å²) in [7, 11) is 0. The minimum absolute atomic E-state index is 0.116. The largest absolute Gasteiger partial charge is 0.416 e. The Balaban J connectivity index is 1.31. The summed E-state index contributed by atoms with van der Waals surface area (Å²) in [6, 6.07) is 8.94. The van der Waals surface area contributed by atoms with E-state index in [2.05, 4.69) is 31.7 Å². The third-order valence-corrected chi connectivity index (χ3v) is 6.80. The Morgan fingerprint density at radius 3 is 2.83 bits per heavy atom. The van der Waals surface area contributed by atoms with Crippen LogP contribution in [-0.2, 0) is 18.3 Å². The fraction of sp³-hybridized carbons (Fsp3) is 0.222. The standard InChI is InChI=1S/C18H14F3N5OS3/c19-18(20,21)12-4-1-3-11(9-12)15-23-14(27-26-15)10-29-17-25-24-16(30-17)22-7-6-13-5-2-8-28-13/h1-5,8-9H,6-7,10H2,(H,22,24). The second kappa shape index (κ2) is 9.14. The number of aromatic nitrogens is 4. The summed E-state index contributed by atoms with van der Waals surface area (Å²) < 4.78 is 44.5. The molecule has 0 amide bonds. The van der Waals surface area contributed by atoms with E-state index in [1.807, 2.05) is 11.4 Å². The molecule has 0 aliphatic rings. The molecule has 6 nitrogen and oxygen atoms in total. The maximum absolute atomic E-state index is 12.9. The first-order chi connectivity index (χ1) is 14.5. The number of hydrogen-bond acceptors (Lipinski definition) is 9. The molecule has 1 aromatic carbocycles. The summed E-state index contributed by atoms with van der Waals surface area (Å²) >= 11 is 4.50. The zero-order chi connectivity index (χ0) is 21.0. The average Bonchev–Trinajstić information content (AvgIpc) is 3.48. The monoisotopic (exact) mass is 469 g/mol. The summed E-state index contributed by atoms with van der Waals surface area (Å²) in [5.41, 5.74) is -0.508. The lowest BCUT2D eigenvalue weighted by atomic mass is 10.1. The van der Waals surface area contributed by atoms with Crippen molar-refractivity contribution in [2.75, 3.05) is 11.9 Å². The van der Waals surface area contributed by atoms with Crippen molar-refractivity contribution < 1.29 is 17.7 Å². The molecule has 0 fully saturated rings. The quantitative estimate of drug-likeness (QED) is 0.336. The van der Waals surface area contributed by atoms with Gasteiger partial charge in [-0.3, -0.25) is 0 Å². The number of hydrogen-bond donors (Lipinski definition) is 1. The van der Waals surface area contributed by atoms with Gasteiger partial charge >= 0.3 is 6.18 Å². The van der Waals surface area contributed by atoms with Crippen molar-refractivity contribution in [3.05, 3.63) is 58.1 Å². The summed E-state index contributed by atoms with van der Waals surface area (Å²) in [6.07, 6.45) is -3.51. The van der Waals surface area contributed by atoms with E-state index in [4.69, 9.17) is 4.52 Å². The van der Waals surface area contributed by atoms with Crippen molar-refractivity contribution in [3.8, 4) is 11.4 Å². The van der Waals surface area contributed by atoms with Crippen LogP contribution in [0, 0.1) is 0 Å². The highest BCUT2D eigenvalue weighted by atomic mass is 32.2. The van der Waals surface area contributed by atoms with Crippen LogP contribution in [0.3, 0.4) is 0 Å². The molecule has 3 aromatic heterocycles. The lowest BCUT2D eigenvalue weighted by molar-refractivity contribution is -0.137. The third-order valence-electron chi connectivity index (χ3n) is 3.87. The van der Waals surface area contributed by atoms with Crippen molar-refractivity contribution in [1.82, 2.24) is 20.3 Å². The lowest BCUT2D eigenvalue weighted by Crippen LogP contribution is -2.04. The molecule has 0 bridgehead atoms. The van der Waals surface area contributed by atoms with Gasteiger partial charge in [-0.05, 0) is 30.0 Å².